The molecule has 4 aromatic rings. The van der Waals surface area contributed by atoms with Crippen molar-refractivity contribution in [3.63, 3.8) is 0 Å². The fourth-order valence-corrected chi connectivity index (χ4v) is 4.01. The van der Waals surface area contributed by atoms with Crippen LogP contribution in [0.1, 0.15) is 34.8 Å². The first-order valence-electron chi connectivity index (χ1n) is 9.48. The van der Waals surface area contributed by atoms with Crippen molar-refractivity contribution in [2.45, 2.75) is 18.8 Å². The van der Waals surface area contributed by atoms with E-state index in [2.05, 4.69) is 37.7 Å². The van der Waals surface area contributed by atoms with E-state index in [1.54, 1.807) is 6.07 Å². The topological polar surface area (TPSA) is 90.6 Å². The van der Waals surface area contributed by atoms with Crippen molar-refractivity contribution >= 4 is 16.9 Å². The zero-order chi connectivity index (χ0) is 18.9. The van der Waals surface area contributed by atoms with E-state index < -0.39 is 0 Å². The van der Waals surface area contributed by atoms with Gasteiger partial charge in [0.2, 0.25) is 0 Å². The number of fused-ring (bicyclic) bond motifs is 1. The second-order valence-electron chi connectivity index (χ2n) is 7.18. The lowest BCUT2D eigenvalue weighted by atomic mass is 9.90. The highest BCUT2D eigenvalue weighted by molar-refractivity contribution is 5.97. The number of amides is 1. The Balaban J connectivity index is 1.39. The van der Waals surface area contributed by atoms with Crippen molar-refractivity contribution in [1.82, 2.24) is 30.5 Å². The van der Waals surface area contributed by atoms with Crippen LogP contribution >= 0.6 is 0 Å². The van der Waals surface area contributed by atoms with E-state index >= 15 is 0 Å². The first-order chi connectivity index (χ1) is 13.8. The number of carbonyl (C=O) groups excluding carboxylic acids is 1. The van der Waals surface area contributed by atoms with Gasteiger partial charge in [0.1, 0.15) is 11.0 Å². The molecule has 1 aliphatic heterocycles. The maximum atomic E-state index is 13.1. The largest absolute Gasteiger partial charge is 0.338 e. The van der Waals surface area contributed by atoms with Gasteiger partial charge < -0.3 is 4.90 Å². The summed E-state index contributed by atoms with van der Waals surface area (Å²) in [4.78, 5) is 15.0. The molecule has 2 aromatic carbocycles. The van der Waals surface area contributed by atoms with Crippen LogP contribution in [0.4, 0.5) is 0 Å². The molecule has 7 nitrogen and oxygen atoms in total. The summed E-state index contributed by atoms with van der Waals surface area (Å²) in [6.07, 6.45) is 3.88. The van der Waals surface area contributed by atoms with Crippen LogP contribution in [0.25, 0.3) is 22.2 Å². The molecule has 0 spiro atoms. The highest BCUT2D eigenvalue weighted by Gasteiger charge is 2.28. The summed E-state index contributed by atoms with van der Waals surface area (Å²) >= 11 is 0. The number of H-pyrrole nitrogens is 2. The Morgan fingerprint density at radius 2 is 1.93 bits per heavy atom. The molecule has 7 heteroatoms. The number of piperidine rings is 1. The lowest BCUT2D eigenvalue weighted by Gasteiger charge is -2.32. The number of nitrogens with one attached hydrogen (secondary N) is 2. The summed E-state index contributed by atoms with van der Waals surface area (Å²) in [6, 6.07) is 15.7. The molecule has 1 amide bonds. The SMILES string of the molecule is O=C(c1ccc2n[nH]nc2c1)N1CCC[C@H](c2[nH]ncc2-c2ccccc2)C1. The van der Waals surface area contributed by atoms with E-state index in [-0.39, 0.29) is 11.8 Å². The Labute approximate surface area is 161 Å². The van der Waals surface area contributed by atoms with Crippen LogP contribution in [0.5, 0.6) is 0 Å². The first kappa shape index (κ1) is 16.7. The van der Waals surface area contributed by atoms with Crippen LogP contribution in [-0.2, 0) is 0 Å². The van der Waals surface area contributed by atoms with E-state index in [0.717, 1.165) is 41.7 Å². The lowest BCUT2D eigenvalue weighted by molar-refractivity contribution is 0.0706. The van der Waals surface area contributed by atoms with Gasteiger partial charge in [0.15, 0.2) is 0 Å². The summed E-state index contributed by atoms with van der Waals surface area (Å²) in [5, 5.41) is 18.2. The molecule has 0 radical (unpaired) electrons. The second-order valence-corrected chi connectivity index (χ2v) is 7.18. The molecule has 0 aliphatic carbocycles. The van der Waals surface area contributed by atoms with Crippen LogP contribution in [0, 0.1) is 0 Å². The normalized spacial score (nSPS) is 17.1. The Bertz CT molecular complexity index is 1120. The third-order valence-electron chi connectivity index (χ3n) is 5.43. The van der Waals surface area contributed by atoms with E-state index in [1.807, 2.05) is 41.4 Å². The maximum absolute atomic E-state index is 13.1. The summed E-state index contributed by atoms with van der Waals surface area (Å²) in [5.74, 6) is 0.279. The van der Waals surface area contributed by atoms with E-state index in [0.29, 0.717) is 17.6 Å². The number of rotatable bonds is 3. The quantitative estimate of drug-likeness (QED) is 0.577. The zero-order valence-corrected chi connectivity index (χ0v) is 15.3. The van der Waals surface area contributed by atoms with Gasteiger partial charge in [-0.15, -0.1) is 0 Å². The molecular weight excluding hydrogens is 352 g/mol. The van der Waals surface area contributed by atoms with Gasteiger partial charge in [-0.25, -0.2) is 0 Å². The third-order valence-corrected chi connectivity index (χ3v) is 5.43. The average Bonchev–Trinajstić information content (AvgIpc) is 3.43. The Morgan fingerprint density at radius 3 is 2.82 bits per heavy atom. The van der Waals surface area contributed by atoms with Crippen molar-refractivity contribution in [2.24, 2.45) is 0 Å². The maximum Gasteiger partial charge on any atom is 0.253 e. The molecule has 2 aromatic heterocycles. The molecule has 0 saturated carbocycles. The van der Waals surface area contributed by atoms with Crippen molar-refractivity contribution in [1.29, 1.82) is 0 Å². The van der Waals surface area contributed by atoms with Crippen LogP contribution in [0.2, 0.25) is 0 Å². The van der Waals surface area contributed by atoms with Crippen molar-refractivity contribution < 1.29 is 4.79 Å². The number of benzene rings is 2. The summed E-state index contributed by atoms with van der Waals surface area (Å²) in [5.41, 5.74) is 5.48. The molecule has 3 heterocycles. The third kappa shape index (κ3) is 2.94. The van der Waals surface area contributed by atoms with Gasteiger partial charge in [-0.2, -0.15) is 20.5 Å². The summed E-state index contributed by atoms with van der Waals surface area (Å²) in [6.45, 7) is 1.44. The first-order valence-corrected chi connectivity index (χ1v) is 9.48. The van der Waals surface area contributed by atoms with Crippen molar-refractivity contribution in [2.75, 3.05) is 13.1 Å². The Morgan fingerprint density at radius 1 is 1.07 bits per heavy atom. The Hall–Kier alpha value is -3.48. The smallest absolute Gasteiger partial charge is 0.253 e. The molecule has 28 heavy (non-hydrogen) atoms. The highest BCUT2D eigenvalue weighted by atomic mass is 16.2. The van der Waals surface area contributed by atoms with Crippen LogP contribution in [0.15, 0.2) is 54.7 Å². The number of carbonyl (C=O) groups is 1. The van der Waals surface area contributed by atoms with E-state index in [9.17, 15) is 4.79 Å². The number of aromatic nitrogens is 5. The van der Waals surface area contributed by atoms with Crippen molar-refractivity contribution in [3.05, 3.63) is 66.0 Å². The fourth-order valence-electron chi connectivity index (χ4n) is 4.01. The molecule has 1 aliphatic rings. The molecule has 1 atom stereocenters. The number of nitrogens with zero attached hydrogens (tertiary/aromatic N) is 4. The fraction of sp³-hybridized carbons (Fsp3) is 0.238. The predicted molar refractivity (Wildman–Crippen MR) is 106 cm³/mol. The van der Waals surface area contributed by atoms with Gasteiger partial charge in [0, 0.05) is 35.8 Å². The van der Waals surface area contributed by atoms with Gasteiger partial charge in [0.05, 0.1) is 6.20 Å². The molecule has 1 fully saturated rings. The van der Waals surface area contributed by atoms with E-state index in [4.69, 9.17) is 0 Å². The summed E-state index contributed by atoms with van der Waals surface area (Å²) < 4.78 is 0. The van der Waals surface area contributed by atoms with E-state index in [1.165, 1.54) is 0 Å². The number of likely N-dealkylation sites (tertiary alicyclic amines) is 1. The average molecular weight is 372 g/mol. The molecule has 140 valence electrons. The monoisotopic (exact) mass is 372 g/mol. The molecule has 0 bridgehead atoms. The minimum absolute atomic E-state index is 0.0374. The van der Waals surface area contributed by atoms with Gasteiger partial charge in [0.25, 0.3) is 5.91 Å². The van der Waals surface area contributed by atoms with Gasteiger partial charge >= 0.3 is 0 Å². The zero-order valence-electron chi connectivity index (χ0n) is 15.3. The predicted octanol–water partition coefficient (Wildman–Crippen LogP) is 3.37. The van der Waals surface area contributed by atoms with Crippen LogP contribution in [0.3, 0.4) is 0 Å². The second kappa shape index (κ2) is 6.92. The number of hydrogen-bond donors (Lipinski definition) is 2. The number of aromatic amines is 2. The van der Waals surface area contributed by atoms with Crippen LogP contribution < -0.4 is 0 Å². The molecule has 2 N–H and O–H groups in total. The standard InChI is InChI=1S/C21H20N6O/c28-21(15-8-9-18-19(11-15)24-26-23-18)27-10-4-7-16(13-27)20-17(12-22-25-20)14-5-2-1-3-6-14/h1-3,5-6,8-9,11-12,16H,4,7,10,13H2,(H,22,25)(H,23,24,26)/t16-/m0/s1. The minimum Gasteiger partial charge on any atom is -0.338 e. The molecule has 1 saturated heterocycles. The molecular formula is C21H20N6O. The highest BCUT2D eigenvalue weighted by Crippen LogP contribution is 2.33. The van der Waals surface area contributed by atoms with Gasteiger partial charge in [-0.05, 0) is 36.6 Å². The molecule has 5 rings (SSSR count). The van der Waals surface area contributed by atoms with Gasteiger partial charge in [-0.1, -0.05) is 30.3 Å². The Kier molecular flexibility index (Phi) is 4.12. The van der Waals surface area contributed by atoms with Crippen molar-refractivity contribution in [3.8, 4) is 11.1 Å². The molecule has 0 unspecified atom stereocenters. The van der Waals surface area contributed by atoms with Crippen LogP contribution in [-0.4, -0.2) is 49.5 Å². The summed E-state index contributed by atoms with van der Waals surface area (Å²) in [7, 11) is 0. The number of hydrogen-bond acceptors (Lipinski definition) is 4. The lowest BCUT2D eigenvalue weighted by Crippen LogP contribution is -2.39. The minimum atomic E-state index is 0.0374. The van der Waals surface area contributed by atoms with Gasteiger partial charge in [-0.3, -0.25) is 9.89 Å².